The Morgan fingerprint density at radius 1 is 1.36 bits per heavy atom. The van der Waals surface area contributed by atoms with Crippen molar-refractivity contribution < 1.29 is 19.1 Å². The first-order valence-corrected chi connectivity index (χ1v) is 8.38. The number of methoxy groups -OCH3 is 1. The Labute approximate surface area is 150 Å². The molecule has 0 aromatic heterocycles. The van der Waals surface area contributed by atoms with Crippen LogP contribution >= 0.6 is 11.8 Å². The second-order valence-electron chi connectivity index (χ2n) is 5.43. The molecule has 7 nitrogen and oxygen atoms in total. The second-order valence-corrected chi connectivity index (χ2v) is 6.46. The topological polar surface area (TPSA) is 89.3 Å². The summed E-state index contributed by atoms with van der Waals surface area (Å²) in [6.45, 7) is 5.90. The average Bonchev–Trinajstić information content (AvgIpc) is 2.89. The number of ether oxygens (including phenoxy) is 2. The smallest absolute Gasteiger partial charge is 0.331 e. The van der Waals surface area contributed by atoms with Crippen molar-refractivity contribution in [1.82, 2.24) is 5.32 Å². The molecule has 2 rings (SSSR count). The second kappa shape index (κ2) is 8.48. The number of carbonyl (C=O) groups excluding carboxylic acids is 2. The van der Waals surface area contributed by atoms with Gasteiger partial charge in [0.05, 0.1) is 24.3 Å². The van der Waals surface area contributed by atoms with Gasteiger partial charge in [0.2, 0.25) is 0 Å². The molecule has 1 heterocycles. The summed E-state index contributed by atoms with van der Waals surface area (Å²) in [6, 6.07) is 5.69. The van der Waals surface area contributed by atoms with Crippen LogP contribution < -0.4 is 10.1 Å². The number of esters is 1. The monoisotopic (exact) mass is 361 g/mol. The fourth-order valence-electron chi connectivity index (χ4n) is 1.93. The SMILES string of the molecule is COC(=O)/C=C1/S/C(=N\N=Cc2ccc(OC(C)C)c(C)c2)NC1=O. The standard InChI is InChI=1S/C17H19N3O4S/c1-10(2)24-13-6-5-12(7-11(13)3)9-18-20-17-19-16(22)14(25-17)8-15(21)23-4/h5-10H,1-4H3,(H,19,20,22)/b14-8+,18-9?. The first-order valence-electron chi connectivity index (χ1n) is 7.56. The molecule has 0 radical (unpaired) electrons. The molecule has 1 aromatic rings. The summed E-state index contributed by atoms with van der Waals surface area (Å²) in [5, 5.41) is 10.7. The maximum atomic E-state index is 11.7. The van der Waals surface area contributed by atoms with Gasteiger partial charge in [-0.05, 0) is 61.9 Å². The zero-order valence-electron chi connectivity index (χ0n) is 14.4. The molecule has 1 N–H and O–H groups in total. The van der Waals surface area contributed by atoms with Crippen LogP contribution in [-0.4, -0.2) is 36.5 Å². The molecular formula is C17H19N3O4S. The van der Waals surface area contributed by atoms with Crippen LogP contribution in [0.25, 0.3) is 0 Å². The minimum absolute atomic E-state index is 0.111. The van der Waals surface area contributed by atoms with E-state index in [1.165, 1.54) is 7.11 Å². The van der Waals surface area contributed by atoms with E-state index < -0.39 is 11.9 Å². The van der Waals surface area contributed by atoms with Gasteiger partial charge in [-0.1, -0.05) is 0 Å². The maximum Gasteiger partial charge on any atom is 0.331 e. The number of rotatable bonds is 5. The van der Waals surface area contributed by atoms with Gasteiger partial charge in [0.1, 0.15) is 5.75 Å². The van der Waals surface area contributed by atoms with Gasteiger partial charge in [-0.15, -0.1) is 5.10 Å². The molecule has 1 fully saturated rings. The van der Waals surface area contributed by atoms with Crippen molar-refractivity contribution in [2.24, 2.45) is 10.2 Å². The quantitative estimate of drug-likeness (QED) is 0.376. The van der Waals surface area contributed by atoms with Crippen LogP contribution in [0.5, 0.6) is 5.75 Å². The Morgan fingerprint density at radius 2 is 2.12 bits per heavy atom. The van der Waals surface area contributed by atoms with E-state index in [0.717, 1.165) is 34.7 Å². The number of amides is 1. The molecule has 0 spiro atoms. The van der Waals surface area contributed by atoms with E-state index in [4.69, 9.17) is 4.74 Å². The summed E-state index contributed by atoms with van der Waals surface area (Å²) < 4.78 is 10.2. The zero-order chi connectivity index (χ0) is 18.4. The fraction of sp³-hybridized carbons (Fsp3) is 0.294. The maximum absolute atomic E-state index is 11.7. The summed E-state index contributed by atoms with van der Waals surface area (Å²) in [6.07, 6.45) is 2.80. The molecule has 1 saturated heterocycles. The van der Waals surface area contributed by atoms with Gasteiger partial charge in [0, 0.05) is 6.08 Å². The molecule has 0 aliphatic carbocycles. The van der Waals surface area contributed by atoms with E-state index in [9.17, 15) is 9.59 Å². The Kier molecular flexibility index (Phi) is 6.35. The lowest BCUT2D eigenvalue weighted by Gasteiger charge is -2.12. The molecule has 8 heteroatoms. The van der Waals surface area contributed by atoms with Crippen molar-refractivity contribution in [2.45, 2.75) is 26.9 Å². The molecule has 1 aromatic carbocycles. The van der Waals surface area contributed by atoms with E-state index in [-0.39, 0.29) is 11.0 Å². The highest BCUT2D eigenvalue weighted by Crippen LogP contribution is 2.23. The normalized spacial score (nSPS) is 17.6. The van der Waals surface area contributed by atoms with E-state index in [1.54, 1.807) is 6.21 Å². The van der Waals surface area contributed by atoms with Crippen LogP contribution in [0, 0.1) is 6.92 Å². The van der Waals surface area contributed by atoms with Crippen LogP contribution in [0.3, 0.4) is 0 Å². The number of nitrogens with zero attached hydrogens (tertiary/aromatic N) is 2. The molecule has 0 unspecified atom stereocenters. The van der Waals surface area contributed by atoms with Gasteiger partial charge in [0.25, 0.3) is 5.91 Å². The van der Waals surface area contributed by atoms with E-state index in [0.29, 0.717) is 5.17 Å². The Bertz CT molecular complexity index is 769. The molecule has 132 valence electrons. The average molecular weight is 361 g/mol. The van der Waals surface area contributed by atoms with Crippen LogP contribution in [0.1, 0.15) is 25.0 Å². The van der Waals surface area contributed by atoms with Crippen molar-refractivity contribution in [3.8, 4) is 5.75 Å². The van der Waals surface area contributed by atoms with E-state index in [1.807, 2.05) is 39.0 Å². The van der Waals surface area contributed by atoms with Crippen LogP contribution in [-0.2, 0) is 14.3 Å². The van der Waals surface area contributed by atoms with Crippen molar-refractivity contribution >= 4 is 35.0 Å². The van der Waals surface area contributed by atoms with Crippen LogP contribution in [0.15, 0.2) is 39.4 Å². The molecule has 1 amide bonds. The zero-order valence-corrected chi connectivity index (χ0v) is 15.2. The largest absolute Gasteiger partial charge is 0.491 e. The third kappa shape index (κ3) is 5.46. The highest BCUT2D eigenvalue weighted by molar-refractivity contribution is 8.18. The molecule has 0 bridgehead atoms. The number of benzene rings is 1. The lowest BCUT2D eigenvalue weighted by molar-refractivity contribution is -0.135. The first-order chi connectivity index (χ1) is 11.9. The Balaban J connectivity index is 2.04. The van der Waals surface area contributed by atoms with Crippen molar-refractivity contribution in [3.63, 3.8) is 0 Å². The van der Waals surface area contributed by atoms with Gasteiger partial charge in [-0.25, -0.2) is 4.79 Å². The van der Waals surface area contributed by atoms with Crippen molar-refractivity contribution in [3.05, 3.63) is 40.3 Å². The molecule has 0 saturated carbocycles. The first kappa shape index (κ1) is 18.7. The third-order valence-corrected chi connectivity index (χ3v) is 3.92. The van der Waals surface area contributed by atoms with Gasteiger partial charge in [0.15, 0.2) is 5.17 Å². The van der Waals surface area contributed by atoms with Crippen molar-refractivity contribution in [1.29, 1.82) is 0 Å². The summed E-state index contributed by atoms with van der Waals surface area (Å²) in [7, 11) is 1.25. The molecule has 0 atom stereocenters. The molecule has 1 aliphatic rings. The van der Waals surface area contributed by atoms with Gasteiger partial charge in [-0.2, -0.15) is 5.10 Å². The number of hydrogen-bond acceptors (Lipinski definition) is 7. The minimum atomic E-state index is -0.596. The van der Waals surface area contributed by atoms with Crippen LogP contribution in [0.2, 0.25) is 0 Å². The van der Waals surface area contributed by atoms with Crippen molar-refractivity contribution in [2.75, 3.05) is 7.11 Å². The third-order valence-electron chi connectivity index (χ3n) is 3.02. The molecule has 1 aliphatic heterocycles. The summed E-state index contributed by atoms with van der Waals surface area (Å²) in [5.74, 6) is -0.174. The van der Waals surface area contributed by atoms with Gasteiger partial charge < -0.3 is 9.47 Å². The minimum Gasteiger partial charge on any atom is -0.491 e. The number of nitrogens with one attached hydrogen (secondary N) is 1. The van der Waals surface area contributed by atoms with Gasteiger partial charge in [-0.3, -0.25) is 10.1 Å². The van der Waals surface area contributed by atoms with E-state index >= 15 is 0 Å². The number of carbonyl (C=O) groups is 2. The van der Waals surface area contributed by atoms with Gasteiger partial charge >= 0.3 is 5.97 Å². The Hall–Kier alpha value is -2.61. The van der Waals surface area contributed by atoms with Crippen LogP contribution in [0.4, 0.5) is 0 Å². The number of hydrogen-bond donors (Lipinski definition) is 1. The summed E-state index contributed by atoms with van der Waals surface area (Å²) >= 11 is 1.03. The predicted octanol–water partition coefficient (Wildman–Crippen LogP) is 2.39. The lowest BCUT2D eigenvalue weighted by Crippen LogP contribution is -2.19. The Morgan fingerprint density at radius 3 is 2.76 bits per heavy atom. The molecule has 25 heavy (non-hydrogen) atoms. The lowest BCUT2D eigenvalue weighted by atomic mass is 10.1. The number of amidine groups is 1. The predicted molar refractivity (Wildman–Crippen MR) is 97.8 cm³/mol. The molecular weight excluding hydrogens is 342 g/mol. The highest BCUT2D eigenvalue weighted by Gasteiger charge is 2.24. The number of thioether (sulfide) groups is 1. The highest BCUT2D eigenvalue weighted by atomic mass is 32.2. The fourth-order valence-corrected chi connectivity index (χ4v) is 2.67. The summed E-state index contributed by atoms with van der Waals surface area (Å²) in [5.41, 5.74) is 1.86. The van der Waals surface area contributed by atoms with E-state index in [2.05, 4.69) is 20.3 Å². The number of aryl methyl sites for hydroxylation is 1. The summed E-state index contributed by atoms with van der Waals surface area (Å²) in [4.78, 5) is 23.1.